The minimum Gasteiger partial charge on any atom is -0.375 e. The van der Waals surface area contributed by atoms with Gasteiger partial charge in [-0.15, -0.1) is 0 Å². The summed E-state index contributed by atoms with van der Waals surface area (Å²) in [6.45, 7) is 4.42. The molecule has 0 radical (unpaired) electrons. The SMILES string of the molecule is COCC(=O)Nc1ccc(N2C(=S)N[C@@H](c3ccccn3)[C@@H]2c2cc(C)n(C3CC3)c2C)cc1. The fourth-order valence-corrected chi connectivity index (χ4v) is 5.33. The molecule has 1 amide bonds. The van der Waals surface area contributed by atoms with Crippen molar-refractivity contribution in [2.24, 2.45) is 0 Å². The van der Waals surface area contributed by atoms with Crippen LogP contribution in [0.2, 0.25) is 0 Å². The van der Waals surface area contributed by atoms with Crippen LogP contribution in [0.1, 0.15) is 53.6 Å². The van der Waals surface area contributed by atoms with Crippen LogP contribution in [0.25, 0.3) is 0 Å². The number of aryl methyl sites for hydroxylation is 1. The van der Waals surface area contributed by atoms with Gasteiger partial charge in [0.25, 0.3) is 0 Å². The monoisotopic (exact) mass is 475 g/mol. The molecule has 3 aromatic rings. The van der Waals surface area contributed by atoms with Crippen molar-refractivity contribution >= 4 is 34.6 Å². The maximum Gasteiger partial charge on any atom is 0.250 e. The number of ether oxygens (including phenoxy) is 1. The molecule has 176 valence electrons. The highest BCUT2D eigenvalue weighted by Crippen LogP contribution is 2.46. The number of amides is 1. The minimum atomic E-state index is -0.186. The number of hydrogen-bond donors (Lipinski definition) is 2. The lowest BCUT2D eigenvalue weighted by Crippen LogP contribution is -2.29. The summed E-state index contributed by atoms with van der Waals surface area (Å²) in [4.78, 5) is 18.7. The van der Waals surface area contributed by atoms with E-state index in [1.165, 1.54) is 36.9 Å². The Kier molecular flexibility index (Phi) is 6.10. The van der Waals surface area contributed by atoms with Crippen molar-refractivity contribution in [2.75, 3.05) is 23.9 Å². The van der Waals surface area contributed by atoms with E-state index in [0.717, 1.165) is 11.4 Å². The average Bonchev–Trinajstić information content (AvgIpc) is 3.54. The molecule has 1 aromatic carbocycles. The fraction of sp³-hybridized carbons (Fsp3) is 0.346. The van der Waals surface area contributed by atoms with Crippen molar-refractivity contribution in [3.05, 3.63) is 77.4 Å². The maximum absolute atomic E-state index is 11.9. The van der Waals surface area contributed by atoms with E-state index in [9.17, 15) is 4.79 Å². The molecule has 1 aliphatic carbocycles. The number of benzene rings is 1. The minimum absolute atomic E-state index is 0.0202. The Morgan fingerprint density at radius 1 is 1.21 bits per heavy atom. The first-order valence-corrected chi connectivity index (χ1v) is 12.0. The Morgan fingerprint density at radius 2 is 1.97 bits per heavy atom. The summed E-state index contributed by atoms with van der Waals surface area (Å²) >= 11 is 5.85. The number of methoxy groups -OCH3 is 1. The van der Waals surface area contributed by atoms with Gasteiger partial charge in [0.1, 0.15) is 6.61 Å². The maximum atomic E-state index is 11.9. The standard InChI is InChI=1S/C26H29N5O2S/c1-16-14-21(17(2)30(16)19-11-12-19)25-24(22-6-4-5-13-27-22)29-26(34)31(25)20-9-7-18(8-10-20)28-23(32)15-33-3/h4-10,13-14,19,24-25H,11-12,15H2,1-3H3,(H,28,32)(H,29,34)/t24-,25-/m0/s1. The van der Waals surface area contributed by atoms with Crippen LogP contribution in [0.3, 0.4) is 0 Å². The molecule has 2 aliphatic rings. The highest BCUT2D eigenvalue weighted by molar-refractivity contribution is 7.80. The van der Waals surface area contributed by atoms with E-state index < -0.39 is 0 Å². The molecule has 5 rings (SSSR count). The van der Waals surface area contributed by atoms with Gasteiger partial charge in [0, 0.05) is 42.1 Å². The van der Waals surface area contributed by atoms with Gasteiger partial charge >= 0.3 is 0 Å². The van der Waals surface area contributed by atoms with Gasteiger partial charge in [-0.1, -0.05) is 6.07 Å². The van der Waals surface area contributed by atoms with Crippen LogP contribution in [-0.4, -0.2) is 34.3 Å². The van der Waals surface area contributed by atoms with E-state index in [1.807, 2.05) is 48.7 Å². The molecule has 0 spiro atoms. The zero-order valence-electron chi connectivity index (χ0n) is 19.6. The number of anilines is 2. The number of rotatable bonds is 7. The molecule has 2 atom stereocenters. The molecule has 2 N–H and O–H groups in total. The van der Waals surface area contributed by atoms with Gasteiger partial charge in [0.2, 0.25) is 5.91 Å². The highest BCUT2D eigenvalue weighted by Gasteiger charge is 2.43. The highest BCUT2D eigenvalue weighted by atomic mass is 32.1. The van der Waals surface area contributed by atoms with Gasteiger partial charge in [-0.05, 0) is 86.9 Å². The summed E-state index contributed by atoms with van der Waals surface area (Å²) in [5.74, 6) is -0.186. The normalized spacial score (nSPS) is 19.9. The largest absolute Gasteiger partial charge is 0.375 e. The van der Waals surface area contributed by atoms with Crippen LogP contribution in [-0.2, 0) is 9.53 Å². The summed E-state index contributed by atoms with van der Waals surface area (Å²) in [6, 6.07) is 16.5. The zero-order valence-corrected chi connectivity index (χ0v) is 20.4. The predicted octanol–water partition coefficient (Wildman–Crippen LogP) is 4.60. The Labute approximate surface area is 205 Å². The Morgan fingerprint density at radius 3 is 2.62 bits per heavy atom. The molecular weight excluding hydrogens is 446 g/mol. The Balaban J connectivity index is 1.53. The molecule has 2 aromatic heterocycles. The molecule has 8 heteroatoms. The topological polar surface area (TPSA) is 71.4 Å². The Hall–Kier alpha value is -3.23. The molecule has 7 nitrogen and oxygen atoms in total. The fourth-order valence-electron chi connectivity index (χ4n) is 4.98. The van der Waals surface area contributed by atoms with Crippen LogP contribution in [0.5, 0.6) is 0 Å². The van der Waals surface area contributed by atoms with Crippen molar-refractivity contribution in [2.45, 2.75) is 44.8 Å². The van der Waals surface area contributed by atoms with E-state index in [4.69, 9.17) is 17.0 Å². The lowest BCUT2D eigenvalue weighted by Gasteiger charge is -2.28. The van der Waals surface area contributed by atoms with Crippen LogP contribution in [0.15, 0.2) is 54.7 Å². The van der Waals surface area contributed by atoms with Gasteiger partial charge in [0.05, 0.1) is 17.8 Å². The average molecular weight is 476 g/mol. The molecule has 1 aliphatic heterocycles. The van der Waals surface area contributed by atoms with E-state index >= 15 is 0 Å². The van der Waals surface area contributed by atoms with Crippen molar-refractivity contribution < 1.29 is 9.53 Å². The number of thiocarbonyl (C=S) groups is 1. The quantitative estimate of drug-likeness (QED) is 0.487. The number of aromatic nitrogens is 2. The van der Waals surface area contributed by atoms with E-state index in [0.29, 0.717) is 16.8 Å². The smallest absolute Gasteiger partial charge is 0.250 e. The first-order valence-electron chi connectivity index (χ1n) is 11.6. The first kappa shape index (κ1) is 22.6. The number of carbonyl (C=O) groups is 1. The molecule has 1 saturated carbocycles. The van der Waals surface area contributed by atoms with E-state index in [2.05, 4.69) is 45.0 Å². The van der Waals surface area contributed by atoms with Crippen LogP contribution in [0, 0.1) is 13.8 Å². The zero-order chi connectivity index (χ0) is 23.8. The molecule has 0 bridgehead atoms. The van der Waals surface area contributed by atoms with Crippen molar-refractivity contribution in [3.8, 4) is 0 Å². The van der Waals surface area contributed by atoms with Crippen LogP contribution >= 0.6 is 12.2 Å². The molecular formula is C26H29N5O2S. The number of pyridine rings is 1. The van der Waals surface area contributed by atoms with Gasteiger partial charge in [-0.3, -0.25) is 9.78 Å². The number of hydrogen-bond acceptors (Lipinski definition) is 4. The van der Waals surface area contributed by atoms with Crippen molar-refractivity contribution in [3.63, 3.8) is 0 Å². The third kappa shape index (κ3) is 4.19. The third-order valence-electron chi connectivity index (χ3n) is 6.56. The second-order valence-corrected chi connectivity index (χ2v) is 9.34. The lowest BCUT2D eigenvalue weighted by atomic mass is 9.96. The number of nitrogens with one attached hydrogen (secondary N) is 2. The third-order valence-corrected chi connectivity index (χ3v) is 6.87. The summed E-state index contributed by atoms with van der Waals surface area (Å²) < 4.78 is 7.37. The molecule has 1 saturated heterocycles. The first-order chi connectivity index (χ1) is 16.5. The number of carbonyl (C=O) groups excluding carboxylic acids is 1. The molecule has 3 heterocycles. The van der Waals surface area contributed by atoms with Crippen LogP contribution in [0.4, 0.5) is 11.4 Å². The van der Waals surface area contributed by atoms with Crippen molar-refractivity contribution in [1.82, 2.24) is 14.9 Å². The number of nitrogens with zero attached hydrogens (tertiary/aromatic N) is 3. The molecule has 0 unspecified atom stereocenters. The van der Waals surface area contributed by atoms with Gasteiger partial charge < -0.3 is 24.8 Å². The second-order valence-electron chi connectivity index (χ2n) is 8.95. The summed E-state index contributed by atoms with van der Waals surface area (Å²) in [5, 5.41) is 7.04. The van der Waals surface area contributed by atoms with Gasteiger partial charge in [-0.25, -0.2) is 0 Å². The second kappa shape index (κ2) is 9.19. The van der Waals surface area contributed by atoms with E-state index in [-0.39, 0.29) is 24.6 Å². The Bertz CT molecular complexity index is 1200. The predicted molar refractivity (Wildman–Crippen MR) is 137 cm³/mol. The van der Waals surface area contributed by atoms with Gasteiger partial charge in [-0.2, -0.15) is 0 Å². The summed E-state index contributed by atoms with van der Waals surface area (Å²) in [7, 11) is 1.50. The van der Waals surface area contributed by atoms with E-state index in [1.54, 1.807) is 0 Å². The lowest BCUT2D eigenvalue weighted by molar-refractivity contribution is -0.119. The van der Waals surface area contributed by atoms with Crippen LogP contribution < -0.4 is 15.5 Å². The molecule has 2 fully saturated rings. The molecule has 34 heavy (non-hydrogen) atoms. The van der Waals surface area contributed by atoms with Gasteiger partial charge in [0.15, 0.2) is 5.11 Å². The summed E-state index contributed by atoms with van der Waals surface area (Å²) in [5.41, 5.74) is 6.45. The summed E-state index contributed by atoms with van der Waals surface area (Å²) in [6.07, 6.45) is 4.30. The van der Waals surface area contributed by atoms with Crippen molar-refractivity contribution in [1.29, 1.82) is 0 Å².